The second-order valence-electron chi connectivity index (χ2n) is 12.6. The van der Waals surface area contributed by atoms with Crippen molar-refractivity contribution in [2.45, 2.75) is 43.4 Å². The van der Waals surface area contributed by atoms with Crippen molar-refractivity contribution in [3.8, 4) is 41.2 Å². The molecule has 11 nitrogen and oxygen atoms in total. The summed E-state index contributed by atoms with van der Waals surface area (Å²) in [6, 6.07) is 6.76. The van der Waals surface area contributed by atoms with Crippen LogP contribution in [-0.2, 0) is 4.74 Å². The predicted octanol–water partition coefficient (Wildman–Crippen LogP) is 3.66. The molecule has 4 aromatic rings. The van der Waals surface area contributed by atoms with Gasteiger partial charge in [0.1, 0.15) is 46.3 Å². The molecule has 0 radical (unpaired) electrons. The zero-order valence-corrected chi connectivity index (χ0v) is 25.9. The Bertz CT molecular complexity index is 1920. The van der Waals surface area contributed by atoms with Gasteiger partial charge in [-0.15, -0.1) is 6.42 Å². The molecule has 3 fully saturated rings. The van der Waals surface area contributed by atoms with E-state index in [-0.39, 0.29) is 83.9 Å². The van der Waals surface area contributed by atoms with Crippen LogP contribution in [-0.4, -0.2) is 88.2 Å². The summed E-state index contributed by atoms with van der Waals surface area (Å²) in [5.74, 6) is 0.646. The molecule has 1 aliphatic carbocycles. The SMILES string of the molecule is C#C[C@@]1(O)COCCN(c2nc(OCC34CCCN[C@]3(O)CCC4)nc3c(F)c(-c4cc(O)cc5cccc(F)c45)nc(OC)c23)C1. The lowest BCUT2D eigenvalue weighted by molar-refractivity contribution is -0.127. The van der Waals surface area contributed by atoms with E-state index >= 15 is 8.78 Å². The van der Waals surface area contributed by atoms with E-state index in [1.807, 2.05) is 0 Å². The number of phenolic OH excluding ortho intramolecular Hbond substituents is 1. The number of halogens is 2. The van der Waals surface area contributed by atoms with Crippen LogP contribution in [0.2, 0.25) is 0 Å². The predicted molar refractivity (Wildman–Crippen MR) is 169 cm³/mol. The second-order valence-corrected chi connectivity index (χ2v) is 12.6. The lowest BCUT2D eigenvalue weighted by Gasteiger charge is -2.46. The minimum Gasteiger partial charge on any atom is -0.508 e. The number of anilines is 1. The van der Waals surface area contributed by atoms with E-state index < -0.39 is 28.4 Å². The number of hydrogen-bond acceptors (Lipinski definition) is 11. The Hall–Kier alpha value is -4.35. The van der Waals surface area contributed by atoms with Gasteiger partial charge in [-0.1, -0.05) is 18.1 Å². The first-order valence-corrected chi connectivity index (χ1v) is 15.6. The van der Waals surface area contributed by atoms with Crippen LogP contribution in [0.3, 0.4) is 0 Å². The number of methoxy groups -OCH3 is 1. The van der Waals surface area contributed by atoms with Crippen molar-refractivity contribution in [2.24, 2.45) is 5.41 Å². The molecule has 4 N–H and O–H groups in total. The Balaban J connectivity index is 1.43. The number of pyridine rings is 1. The number of nitrogens with zero attached hydrogens (tertiary/aromatic N) is 4. The molecule has 1 saturated carbocycles. The number of terminal acetylenes is 1. The monoisotopic (exact) mass is 647 g/mol. The van der Waals surface area contributed by atoms with Gasteiger partial charge in [-0.2, -0.15) is 9.97 Å². The van der Waals surface area contributed by atoms with Crippen molar-refractivity contribution in [1.82, 2.24) is 20.3 Å². The van der Waals surface area contributed by atoms with Gasteiger partial charge in [-0.3, -0.25) is 5.32 Å². The molecular weight excluding hydrogens is 612 g/mol. The topological polar surface area (TPSA) is 142 Å². The highest BCUT2D eigenvalue weighted by Gasteiger charge is 2.55. The van der Waals surface area contributed by atoms with Gasteiger partial charge >= 0.3 is 6.01 Å². The van der Waals surface area contributed by atoms with E-state index in [4.69, 9.17) is 20.6 Å². The van der Waals surface area contributed by atoms with Crippen molar-refractivity contribution in [3.05, 3.63) is 42.0 Å². The maximum absolute atomic E-state index is 16.9. The van der Waals surface area contributed by atoms with Crippen LogP contribution in [0.4, 0.5) is 14.6 Å². The van der Waals surface area contributed by atoms with Crippen LogP contribution in [0.1, 0.15) is 32.1 Å². The summed E-state index contributed by atoms with van der Waals surface area (Å²) in [7, 11) is 1.35. The van der Waals surface area contributed by atoms with Gasteiger partial charge in [0.15, 0.2) is 11.4 Å². The van der Waals surface area contributed by atoms with Crippen molar-refractivity contribution in [1.29, 1.82) is 0 Å². The van der Waals surface area contributed by atoms with Crippen molar-refractivity contribution >= 4 is 27.5 Å². The van der Waals surface area contributed by atoms with Gasteiger partial charge < -0.3 is 34.4 Å². The molecule has 0 bridgehead atoms. The number of hydrogen-bond donors (Lipinski definition) is 4. The molecule has 246 valence electrons. The molecule has 47 heavy (non-hydrogen) atoms. The first-order chi connectivity index (χ1) is 22.6. The summed E-state index contributed by atoms with van der Waals surface area (Å²) < 4.78 is 49.6. The van der Waals surface area contributed by atoms with Crippen LogP contribution >= 0.6 is 0 Å². The molecule has 2 saturated heterocycles. The van der Waals surface area contributed by atoms with E-state index in [0.29, 0.717) is 18.4 Å². The molecular formula is C34H35F2N5O6. The van der Waals surface area contributed by atoms with E-state index in [0.717, 1.165) is 25.7 Å². The highest BCUT2D eigenvalue weighted by atomic mass is 19.1. The van der Waals surface area contributed by atoms with Crippen LogP contribution in [0.15, 0.2) is 30.3 Å². The number of ether oxygens (including phenoxy) is 3. The molecule has 4 heterocycles. The third kappa shape index (κ3) is 5.25. The average Bonchev–Trinajstić information content (AvgIpc) is 3.29. The Kier molecular flexibility index (Phi) is 7.79. The number of benzene rings is 2. The normalized spacial score (nSPS) is 26.2. The molecule has 2 aromatic heterocycles. The molecule has 0 amide bonds. The van der Waals surface area contributed by atoms with Gasteiger partial charge in [-0.25, -0.2) is 13.8 Å². The van der Waals surface area contributed by atoms with Gasteiger partial charge in [0.2, 0.25) is 5.88 Å². The number of aliphatic hydroxyl groups is 2. The van der Waals surface area contributed by atoms with Crippen LogP contribution < -0.4 is 19.7 Å². The first-order valence-electron chi connectivity index (χ1n) is 15.6. The summed E-state index contributed by atoms with van der Waals surface area (Å²) in [5, 5.41) is 36.8. The molecule has 7 rings (SSSR count). The molecule has 1 unspecified atom stereocenters. The number of β-amino-alcohol motifs (C(OH)–C–C–N with tert-alkyl or cyclic N) is 1. The lowest BCUT2D eigenvalue weighted by Crippen LogP contribution is -2.60. The summed E-state index contributed by atoms with van der Waals surface area (Å²) in [6.07, 6.45) is 9.36. The average molecular weight is 648 g/mol. The van der Waals surface area contributed by atoms with Crippen LogP contribution in [0.25, 0.3) is 32.9 Å². The number of phenols is 1. The van der Waals surface area contributed by atoms with Crippen molar-refractivity contribution < 1.29 is 38.3 Å². The third-order valence-electron chi connectivity index (χ3n) is 9.74. The van der Waals surface area contributed by atoms with Gasteiger partial charge in [0.05, 0.1) is 26.9 Å². The largest absolute Gasteiger partial charge is 0.508 e. The van der Waals surface area contributed by atoms with E-state index in [2.05, 4.69) is 26.2 Å². The smallest absolute Gasteiger partial charge is 0.319 e. The van der Waals surface area contributed by atoms with Gasteiger partial charge in [0.25, 0.3) is 0 Å². The fourth-order valence-corrected chi connectivity index (χ4v) is 7.35. The van der Waals surface area contributed by atoms with Crippen LogP contribution in [0.5, 0.6) is 17.6 Å². The fourth-order valence-electron chi connectivity index (χ4n) is 7.35. The Labute approximate surface area is 269 Å². The van der Waals surface area contributed by atoms with Gasteiger partial charge in [-0.05, 0) is 62.2 Å². The standard InChI is InChI=1S/C34H35F2N5O6/c1-3-33(43)17-41(13-14-46-19-33)29-25-28(39-31(40-29)47-18-32-9-5-11-34(32,44)37-12-6-10-32)26(36)27(38-30(25)45-2)22-16-21(42)15-20-7-4-8-23(35)24(20)22/h1,4,7-8,15-16,37,42-44H,5-6,9-14,17-19H2,2H3/t32?,33-,34-/m0/s1. The highest BCUT2D eigenvalue weighted by molar-refractivity contribution is 6.02. The molecule has 3 aliphatic rings. The Morgan fingerprint density at radius 1 is 1.11 bits per heavy atom. The first kappa shape index (κ1) is 31.3. The summed E-state index contributed by atoms with van der Waals surface area (Å²) >= 11 is 0. The number of nitrogens with one attached hydrogen (secondary N) is 1. The molecule has 13 heteroatoms. The fraction of sp³-hybridized carbons (Fsp3) is 0.441. The maximum Gasteiger partial charge on any atom is 0.319 e. The number of piperidine rings is 1. The summed E-state index contributed by atoms with van der Waals surface area (Å²) in [6.45, 7) is 0.922. The zero-order valence-electron chi connectivity index (χ0n) is 25.9. The van der Waals surface area contributed by atoms with Gasteiger partial charge in [0, 0.05) is 22.9 Å². The van der Waals surface area contributed by atoms with Crippen molar-refractivity contribution in [3.63, 3.8) is 0 Å². The number of aromatic nitrogens is 3. The number of rotatable bonds is 6. The minimum atomic E-state index is -1.68. The Morgan fingerprint density at radius 3 is 2.74 bits per heavy atom. The number of aromatic hydroxyl groups is 1. The molecule has 3 atom stereocenters. The third-order valence-corrected chi connectivity index (χ3v) is 9.74. The van der Waals surface area contributed by atoms with E-state index in [9.17, 15) is 15.3 Å². The molecule has 0 spiro atoms. The molecule has 2 aliphatic heterocycles. The van der Waals surface area contributed by atoms with E-state index in [1.165, 1.54) is 31.4 Å². The minimum absolute atomic E-state index is 0.00787. The highest BCUT2D eigenvalue weighted by Crippen LogP contribution is 2.50. The van der Waals surface area contributed by atoms with Crippen molar-refractivity contribution in [2.75, 3.05) is 51.5 Å². The summed E-state index contributed by atoms with van der Waals surface area (Å²) in [5.41, 5.74) is -3.94. The van der Waals surface area contributed by atoms with Crippen LogP contribution in [0, 0.1) is 29.4 Å². The lowest BCUT2D eigenvalue weighted by atomic mass is 9.74. The maximum atomic E-state index is 16.9. The van der Waals surface area contributed by atoms with E-state index in [1.54, 1.807) is 11.0 Å². The molecule has 2 aromatic carbocycles. The zero-order chi connectivity index (χ0) is 33.0. The Morgan fingerprint density at radius 2 is 1.94 bits per heavy atom. The number of fused-ring (bicyclic) bond motifs is 3. The summed E-state index contributed by atoms with van der Waals surface area (Å²) in [4.78, 5) is 15.3. The quantitative estimate of drug-likeness (QED) is 0.228. The second kappa shape index (κ2) is 11.7.